The summed E-state index contributed by atoms with van der Waals surface area (Å²) in [5.41, 5.74) is 4.95. The maximum absolute atomic E-state index is 14.4. The molecule has 1 unspecified atom stereocenters. The first kappa shape index (κ1) is 22.9. The van der Waals surface area contributed by atoms with E-state index in [9.17, 15) is 8.78 Å². The standard InChI is InChI=1S/C27H22F2N4OS/c1-15-7-10-18(11-8-15)25-31-26(34-32-25)23-17(3)33(21-12-9-16(2)22(29)14-21)27(35)30-24(23)19-5-4-6-20(28)13-19/h4-14,24H,1-3H3,(H,30,35). The minimum Gasteiger partial charge on any atom is -0.351 e. The summed E-state index contributed by atoms with van der Waals surface area (Å²) in [6.45, 7) is 5.55. The SMILES string of the molecule is CC1=C(c2nc(-c3ccc(C)cc3)no2)C(c2cccc(F)c2)NC(=S)N1c1ccc(C)c(F)c1. The van der Waals surface area contributed by atoms with Crippen molar-refractivity contribution in [3.63, 3.8) is 0 Å². The summed E-state index contributed by atoms with van der Waals surface area (Å²) in [6, 6.07) is 18.4. The Morgan fingerprint density at radius 2 is 1.74 bits per heavy atom. The lowest BCUT2D eigenvalue weighted by molar-refractivity contribution is 0.404. The summed E-state index contributed by atoms with van der Waals surface area (Å²) >= 11 is 5.67. The highest BCUT2D eigenvalue weighted by Crippen LogP contribution is 2.39. The Bertz CT molecular complexity index is 1460. The third kappa shape index (κ3) is 4.33. The highest BCUT2D eigenvalue weighted by atomic mass is 32.1. The van der Waals surface area contributed by atoms with Crippen molar-refractivity contribution in [2.75, 3.05) is 4.90 Å². The van der Waals surface area contributed by atoms with Gasteiger partial charge in [-0.2, -0.15) is 4.98 Å². The lowest BCUT2D eigenvalue weighted by Crippen LogP contribution is -2.46. The molecule has 5 nitrogen and oxygen atoms in total. The van der Waals surface area contributed by atoms with E-state index in [0.29, 0.717) is 39.0 Å². The number of thiocarbonyl (C=S) groups is 1. The van der Waals surface area contributed by atoms with Crippen molar-refractivity contribution < 1.29 is 13.3 Å². The van der Waals surface area contributed by atoms with Crippen LogP contribution in [-0.2, 0) is 0 Å². The van der Waals surface area contributed by atoms with Gasteiger partial charge in [0.1, 0.15) is 11.6 Å². The van der Waals surface area contributed by atoms with Crippen LogP contribution in [0.25, 0.3) is 17.0 Å². The van der Waals surface area contributed by atoms with E-state index in [2.05, 4.69) is 15.5 Å². The summed E-state index contributed by atoms with van der Waals surface area (Å²) in [4.78, 5) is 6.37. The molecule has 35 heavy (non-hydrogen) atoms. The van der Waals surface area contributed by atoms with E-state index in [-0.39, 0.29) is 17.5 Å². The van der Waals surface area contributed by atoms with Crippen molar-refractivity contribution in [2.45, 2.75) is 26.8 Å². The van der Waals surface area contributed by atoms with E-state index in [4.69, 9.17) is 16.7 Å². The number of anilines is 1. The second-order valence-corrected chi connectivity index (χ2v) is 8.88. The van der Waals surface area contributed by atoms with Gasteiger partial charge in [-0.05, 0) is 68.4 Å². The van der Waals surface area contributed by atoms with Gasteiger partial charge in [0.15, 0.2) is 5.11 Å². The minimum atomic E-state index is -0.545. The van der Waals surface area contributed by atoms with Crippen molar-refractivity contribution >= 4 is 28.6 Å². The van der Waals surface area contributed by atoms with Crippen molar-refractivity contribution in [2.24, 2.45) is 0 Å². The molecular formula is C27H22F2N4OS. The first-order valence-corrected chi connectivity index (χ1v) is 11.5. The van der Waals surface area contributed by atoms with Crippen LogP contribution in [0.15, 0.2) is 77.0 Å². The molecule has 0 bridgehead atoms. The molecule has 0 amide bonds. The summed E-state index contributed by atoms with van der Waals surface area (Å²) in [5, 5.41) is 7.79. The molecule has 4 aromatic rings. The fourth-order valence-electron chi connectivity index (χ4n) is 4.14. The maximum Gasteiger partial charge on any atom is 0.258 e. The monoisotopic (exact) mass is 488 g/mol. The van der Waals surface area contributed by atoms with Gasteiger partial charge >= 0.3 is 0 Å². The molecule has 0 spiro atoms. The fourth-order valence-corrected chi connectivity index (χ4v) is 4.50. The van der Waals surface area contributed by atoms with Crippen LogP contribution in [0.1, 0.15) is 35.5 Å². The van der Waals surface area contributed by atoms with E-state index < -0.39 is 6.04 Å². The Morgan fingerprint density at radius 3 is 2.46 bits per heavy atom. The number of halogens is 2. The Hall–Kier alpha value is -3.91. The van der Waals surface area contributed by atoms with Crippen LogP contribution in [-0.4, -0.2) is 15.3 Å². The molecule has 0 radical (unpaired) electrons. The van der Waals surface area contributed by atoms with Gasteiger partial charge in [-0.25, -0.2) is 8.78 Å². The molecule has 176 valence electrons. The van der Waals surface area contributed by atoms with Gasteiger partial charge in [0.25, 0.3) is 5.89 Å². The second kappa shape index (κ2) is 9.03. The van der Waals surface area contributed by atoms with Gasteiger partial charge < -0.3 is 9.84 Å². The average molecular weight is 489 g/mol. The Morgan fingerprint density at radius 1 is 0.971 bits per heavy atom. The van der Waals surface area contributed by atoms with Crippen LogP contribution in [0.5, 0.6) is 0 Å². The molecule has 3 aromatic carbocycles. The number of rotatable bonds is 4. The van der Waals surface area contributed by atoms with E-state index >= 15 is 0 Å². The first-order chi connectivity index (χ1) is 16.8. The molecule has 1 aliphatic heterocycles. The number of nitrogens with one attached hydrogen (secondary N) is 1. The van der Waals surface area contributed by atoms with E-state index in [1.54, 1.807) is 36.1 Å². The number of aromatic nitrogens is 2. The van der Waals surface area contributed by atoms with Crippen LogP contribution < -0.4 is 10.2 Å². The number of benzene rings is 3. The number of aryl methyl sites for hydroxylation is 2. The average Bonchev–Trinajstić information content (AvgIpc) is 3.31. The van der Waals surface area contributed by atoms with Gasteiger partial charge in [0.05, 0.1) is 17.3 Å². The van der Waals surface area contributed by atoms with Crippen molar-refractivity contribution in [1.29, 1.82) is 0 Å². The number of hydrogen-bond donors (Lipinski definition) is 1. The maximum atomic E-state index is 14.4. The molecule has 1 atom stereocenters. The molecule has 1 N–H and O–H groups in total. The van der Waals surface area contributed by atoms with Crippen LogP contribution in [0.3, 0.4) is 0 Å². The highest BCUT2D eigenvalue weighted by molar-refractivity contribution is 7.80. The molecule has 2 heterocycles. The molecule has 0 saturated heterocycles. The number of allylic oxidation sites excluding steroid dienone is 1. The van der Waals surface area contributed by atoms with Crippen LogP contribution in [0.2, 0.25) is 0 Å². The normalized spacial score (nSPS) is 16.0. The summed E-state index contributed by atoms with van der Waals surface area (Å²) in [6.07, 6.45) is 0. The molecule has 1 aromatic heterocycles. The van der Waals surface area contributed by atoms with Crippen molar-refractivity contribution in [3.8, 4) is 11.4 Å². The third-order valence-corrected chi connectivity index (χ3v) is 6.35. The second-order valence-electron chi connectivity index (χ2n) is 8.49. The zero-order valence-corrected chi connectivity index (χ0v) is 20.2. The number of hydrogen-bond acceptors (Lipinski definition) is 4. The van der Waals surface area contributed by atoms with E-state index in [0.717, 1.165) is 11.1 Å². The zero-order valence-electron chi connectivity index (χ0n) is 19.3. The first-order valence-electron chi connectivity index (χ1n) is 11.1. The molecule has 1 aliphatic rings. The van der Waals surface area contributed by atoms with Crippen LogP contribution >= 0.6 is 12.2 Å². The minimum absolute atomic E-state index is 0.264. The van der Waals surface area contributed by atoms with E-state index in [1.807, 2.05) is 38.1 Å². The predicted octanol–water partition coefficient (Wildman–Crippen LogP) is 6.50. The van der Waals surface area contributed by atoms with Crippen molar-refractivity contribution in [1.82, 2.24) is 15.5 Å². The van der Waals surface area contributed by atoms with Gasteiger partial charge in [-0.15, -0.1) is 0 Å². The smallest absolute Gasteiger partial charge is 0.258 e. The van der Waals surface area contributed by atoms with Gasteiger partial charge in [-0.1, -0.05) is 53.2 Å². The van der Waals surface area contributed by atoms with Crippen molar-refractivity contribution in [3.05, 3.63) is 107 Å². The van der Waals surface area contributed by atoms with Crippen LogP contribution in [0.4, 0.5) is 14.5 Å². The van der Waals surface area contributed by atoms with Gasteiger partial charge in [-0.3, -0.25) is 4.90 Å². The topological polar surface area (TPSA) is 54.2 Å². The molecule has 5 rings (SSSR count). The van der Waals surface area contributed by atoms with E-state index in [1.165, 1.54) is 18.2 Å². The predicted molar refractivity (Wildman–Crippen MR) is 136 cm³/mol. The third-order valence-electron chi connectivity index (χ3n) is 6.05. The lowest BCUT2D eigenvalue weighted by Gasteiger charge is -2.37. The highest BCUT2D eigenvalue weighted by Gasteiger charge is 2.35. The molecule has 8 heteroatoms. The Kier molecular flexibility index (Phi) is 5.90. The quantitative estimate of drug-likeness (QED) is 0.331. The summed E-state index contributed by atoms with van der Waals surface area (Å²) in [7, 11) is 0. The molecule has 0 aliphatic carbocycles. The van der Waals surface area contributed by atoms with Gasteiger partial charge in [0.2, 0.25) is 5.82 Å². The molecule has 0 fully saturated rings. The summed E-state index contributed by atoms with van der Waals surface area (Å²) in [5.74, 6) is -0.0215. The fraction of sp³-hybridized carbons (Fsp3) is 0.148. The molecule has 0 saturated carbocycles. The molecular weight excluding hydrogens is 466 g/mol. The lowest BCUT2D eigenvalue weighted by atomic mass is 9.94. The Labute approximate surface area is 207 Å². The zero-order chi connectivity index (χ0) is 24.7. The number of nitrogens with zero attached hydrogens (tertiary/aromatic N) is 3. The Balaban J connectivity index is 1.66. The largest absolute Gasteiger partial charge is 0.351 e. The summed E-state index contributed by atoms with van der Waals surface area (Å²) < 4.78 is 34.3. The van der Waals surface area contributed by atoms with Crippen LogP contribution in [0, 0.1) is 25.5 Å². The van der Waals surface area contributed by atoms with Gasteiger partial charge in [0, 0.05) is 11.3 Å².